The van der Waals surface area contributed by atoms with Crippen LogP contribution in [-0.2, 0) is 6.18 Å². The molecule has 0 bridgehead atoms. The van der Waals surface area contributed by atoms with Gasteiger partial charge >= 0.3 is 6.18 Å². The van der Waals surface area contributed by atoms with Gasteiger partial charge in [0.2, 0.25) is 0 Å². The van der Waals surface area contributed by atoms with Crippen molar-refractivity contribution in [2.45, 2.75) is 6.18 Å². The van der Waals surface area contributed by atoms with Crippen LogP contribution in [0.2, 0.25) is 0 Å². The number of H-pyrrole nitrogens is 1. The first kappa shape index (κ1) is 12.0. The van der Waals surface area contributed by atoms with Crippen molar-refractivity contribution in [2.24, 2.45) is 0 Å². The predicted octanol–water partition coefficient (Wildman–Crippen LogP) is 2.80. The summed E-state index contributed by atoms with van der Waals surface area (Å²) in [7, 11) is 0. The quantitative estimate of drug-likeness (QED) is 0.831. The van der Waals surface area contributed by atoms with Gasteiger partial charge < -0.3 is 4.98 Å². The number of aromatic amines is 1. The summed E-state index contributed by atoms with van der Waals surface area (Å²) >= 11 is 3.10. The summed E-state index contributed by atoms with van der Waals surface area (Å²) in [4.78, 5) is 12.9. The van der Waals surface area contributed by atoms with Gasteiger partial charge in [0, 0.05) is 11.5 Å². The van der Waals surface area contributed by atoms with Crippen LogP contribution in [0.5, 0.6) is 0 Å². The van der Waals surface area contributed by atoms with E-state index in [0.29, 0.717) is 10.9 Å². The van der Waals surface area contributed by atoms with Crippen molar-refractivity contribution < 1.29 is 13.2 Å². The van der Waals surface area contributed by atoms with Gasteiger partial charge in [0.05, 0.1) is 0 Å². The lowest BCUT2D eigenvalue weighted by molar-refractivity contribution is -0.138. The van der Waals surface area contributed by atoms with Gasteiger partial charge in [-0.2, -0.15) is 13.2 Å². The topological polar surface area (TPSA) is 32.9 Å². The number of alkyl halides is 4. The van der Waals surface area contributed by atoms with Gasteiger partial charge in [-0.1, -0.05) is 28.1 Å². The Bertz CT molecular complexity index is 422. The number of halogens is 4. The number of hydrogen-bond acceptors (Lipinski definition) is 1. The predicted molar refractivity (Wildman–Crippen MR) is 54.9 cm³/mol. The molecule has 0 atom stereocenters. The molecule has 0 unspecified atom stereocenters. The smallest absolute Gasteiger partial charge is 0.328 e. The van der Waals surface area contributed by atoms with Crippen molar-refractivity contribution in [1.82, 2.24) is 4.98 Å². The summed E-state index contributed by atoms with van der Waals surface area (Å²) in [5, 5.41) is 0.535. The second-order valence-corrected chi connectivity index (χ2v) is 3.38. The fraction of sp³-hybridized carbons (Fsp3) is 0.222. The fourth-order valence-corrected chi connectivity index (χ4v) is 1.17. The lowest BCUT2D eigenvalue weighted by Gasteiger charge is -2.05. The van der Waals surface area contributed by atoms with Crippen LogP contribution in [0.25, 0.3) is 6.08 Å². The molecule has 0 saturated heterocycles. The van der Waals surface area contributed by atoms with Crippen molar-refractivity contribution in [3.8, 4) is 0 Å². The van der Waals surface area contributed by atoms with Gasteiger partial charge in [-0.05, 0) is 11.6 Å². The van der Waals surface area contributed by atoms with Crippen LogP contribution >= 0.6 is 15.9 Å². The first-order chi connectivity index (χ1) is 6.95. The van der Waals surface area contributed by atoms with E-state index in [2.05, 4.69) is 15.9 Å². The average Bonchev–Trinajstić information content (AvgIpc) is 2.15. The number of nitrogens with one attached hydrogen (secondary N) is 1. The SMILES string of the molecule is O=c1[nH]cc(C=CCBr)cc1C(F)(F)F. The zero-order chi connectivity index (χ0) is 11.5. The second kappa shape index (κ2) is 4.65. The van der Waals surface area contributed by atoms with Crippen molar-refractivity contribution in [3.63, 3.8) is 0 Å². The number of allylic oxidation sites excluding steroid dienone is 1. The van der Waals surface area contributed by atoms with E-state index >= 15 is 0 Å². The lowest BCUT2D eigenvalue weighted by atomic mass is 10.2. The third-order valence-corrected chi connectivity index (χ3v) is 2.00. The molecule has 0 amide bonds. The minimum absolute atomic E-state index is 0.307. The normalized spacial score (nSPS) is 12.3. The summed E-state index contributed by atoms with van der Waals surface area (Å²) in [5.74, 6) is 0. The Morgan fingerprint density at radius 1 is 1.47 bits per heavy atom. The summed E-state index contributed by atoms with van der Waals surface area (Å²) in [5.41, 5.74) is -2.00. The highest BCUT2D eigenvalue weighted by Gasteiger charge is 2.33. The maximum atomic E-state index is 12.3. The Morgan fingerprint density at radius 2 is 2.13 bits per heavy atom. The van der Waals surface area contributed by atoms with Gasteiger partial charge in [-0.25, -0.2) is 0 Å². The minimum atomic E-state index is -4.62. The van der Waals surface area contributed by atoms with E-state index in [9.17, 15) is 18.0 Å². The zero-order valence-electron chi connectivity index (χ0n) is 7.44. The highest BCUT2D eigenvalue weighted by Crippen LogP contribution is 2.26. The van der Waals surface area contributed by atoms with Crippen molar-refractivity contribution in [3.05, 3.63) is 39.8 Å². The van der Waals surface area contributed by atoms with E-state index in [0.717, 1.165) is 6.07 Å². The van der Waals surface area contributed by atoms with Crippen LogP contribution in [0.1, 0.15) is 11.1 Å². The van der Waals surface area contributed by atoms with Crippen LogP contribution in [0.4, 0.5) is 13.2 Å². The van der Waals surface area contributed by atoms with Crippen LogP contribution in [0, 0.1) is 0 Å². The lowest BCUT2D eigenvalue weighted by Crippen LogP contribution is -2.21. The molecule has 0 fully saturated rings. The molecule has 6 heteroatoms. The van der Waals surface area contributed by atoms with E-state index in [1.165, 1.54) is 12.3 Å². The molecule has 1 aromatic heterocycles. The van der Waals surface area contributed by atoms with Crippen molar-refractivity contribution in [2.75, 3.05) is 5.33 Å². The summed E-state index contributed by atoms with van der Waals surface area (Å²) in [6.07, 6.45) is -0.268. The third-order valence-electron chi connectivity index (χ3n) is 1.63. The van der Waals surface area contributed by atoms with E-state index in [1.807, 2.05) is 4.98 Å². The minimum Gasteiger partial charge on any atom is -0.328 e. The highest BCUT2D eigenvalue weighted by atomic mass is 79.9. The first-order valence-corrected chi connectivity index (χ1v) is 5.09. The molecule has 1 rings (SSSR count). The van der Waals surface area contributed by atoms with E-state index in [-0.39, 0.29) is 0 Å². The Balaban J connectivity index is 3.17. The van der Waals surface area contributed by atoms with Crippen molar-refractivity contribution in [1.29, 1.82) is 0 Å². The Morgan fingerprint density at radius 3 is 2.67 bits per heavy atom. The largest absolute Gasteiger partial charge is 0.421 e. The average molecular weight is 282 g/mol. The van der Waals surface area contributed by atoms with Crippen LogP contribution < -0.4 is 5.56 Å². The van der Waals surface area contributed by atoms with Gasteiger partial charge in [0.25, 0.3) is 5.56 Å². The van der Waals surface area contributed by atoms with Gasteiger partial charge in [-0.3, -0.25) is 4.79 Å². The Labute approximate surface area is 91.9 Å². The molecule has 1 heterocycles. The third kappa shape index (κ3) is 3.23. The molecule has 0 aliphatic rings. The van der Waals surface area contributed by atoms with Gasteiger partial charge in [0.15, 0.2) is 0 Å². The molecular weight excluding hydrogens is 275 g/mol. The molecule has 0 aromatic carbocycles. The molecule has 15 heavy (non-hydrogen) atoms. The number of pyridine rings is 1. The molecule has 0 radical (unpaired) electrons. The molecule has 0 saturated carbocycles. The van der Waals surface area contributed by atoms with Gasteiger partial charge in [-0.15, -0.1) is 0 Å². The highest BCUT2D eigenvalue weighted by molar-refractivity contribution is 9.09. The number of rotatable bonds is 2. The first-order valence-electron chi connectivity index (χ1n) is 3.97. The van der Waals surface area contributed by atoms with Crippen LogP contribution in [0.15, 0.2) is 23.1 Å². The van der Waals surface area contributed by atoms with E-state index < -0.39 is 17.3 Å². The fourth-order valence-electron chi connectivity index (χ4n) is 0.988. The maximum absolute atomic E-state index is 12.3. The monoisotopic (exact) mass is 281 g/mol. The second-order valence-electron chi connectivity index (χ2n) is 2.73. The number of aromatic nitrogens is 1. The number of hydrogen-bond donors (Lipinski definition) is 1. The zero-order valence-corrected chi connectivity index (χ0v) is 9.02. The standard InChI is InChI=1S/C9H7BrF3NO/c10-3-1-2-6-4-7(9(11,12)13)8(15)14-5-6/h1-2,4-5H,3H2,(H,14,15). The maximum Gasteiger partial charge on any atom is 0.421 e. The molecule has 2 nitrogen and oxygen atoms in total. The summed E-state index contributed by atoms with van der Waals surface area (Å²) < 4.78 is 36.9. The molecule has 0 aliphatic heterocycles. The van der Waals surface area contributed by atoms with Crippen molar-refractivity contribution >= 4 is 22.0 Å². The molecule has 0 spiro atoms. The molecular formula is C9H7BrF3NO. The summed E-state index contributed by atoms with van der Waals surface area (Å²) in [6, 6.07) is 0.817. The molecule has 1 N–H and O–H groups in total. The Kier molecular flexibility index (Phi) is 3.73. The molecule has 0 aliphatic carbocycles. The van der Waals surface area contributed by atoms with Crippen LogP contribution in [0.3, 0.4) is 0 Å². The molecule has 1 aromatic rings. The van der Waals surface area contributed by atoms with Crippen LogP contribution in [-0.4, -0.2) is 10.3 Å². The van der Waals surface area contributed by atoms with Gasteiger partial charge in [0.1, 0.15) is 5.56 Å². The van der Waals surface area contributed by atoms with E-state index in [1.54, 1.807) is 6.08 Å². The Hall–Kier alpha value is -1.04. The molecule has 82 valence electrons. The van der Waals surface area contributed by atoms with E-state index in [4.69, 9.17) is 0 Å². The summed E-state index contributed by atoms with van der Waals surface area (Å²) in [6.45, 7) is 0.